The van der Waals surface area contributed by atoms with Crippen LogP contribution in [0.3, 0.4) is 0 Å². The van der Waals surface area contributed by atoms with Gasteiger partial charge in [0.05, 0.1) is 18.3 Å². The summed E-state index contributed by atoms with van der Waals surface area (Å²) in [7, 11) is 0. The predicted molar refractivity (Wildman–Crippen MR) is 97.0 cm³/mol. The van der Waals surface area contributed by atoms with Crippen molar-refractivity contribution in [3.8, 4) is 11.6 Å². The number of carbonyl (C=O) groups is 2. The summed E-state index contributed by atoms with van der Waals surface area (Å²) >= 11 is 0. The van der Waals surface area contributed by atoms with Crippen molar-refractivity contribution in [2.24, 2.45) is 0 Å². The minimum Gasteiger partial charge on any atom is -0.461 e. The van der Waals surface area contributed by atoms with Gasteiger partial charge in [0, 0.05) is 18.2 Å². The maximum atomic E-state index is 13.7. The molecule has 0 N–H and O–H groups in total. The highest BCUT2D eigenvalue weighted by Crippen LogP contribution is 2.41. The lowest BCUT2D eigenvalue weighted by Crippen LogP contribution is -2.24. The van der Waals surface area contributed by atoms with Gasteiger partial charge in [0.2, 0.25) is 5.88 Å². The fourth-order valence-corrected chi connectivity index (χ4v) is 2.68. The van der Waals surface area contributed by atoms with Crippen LogP contribution in [0.2, 0.25) is 0 Å². The Morgan fingerprint density at radius 1 is 1.24 bits per heavy atom. The van der Waals surface area contributed by atoms with E-state index in [1.54, 1.807) is 27.7 Å². The zero-order valence-electron chi connectivity index (χ0n) is 16.8. The highest BCUT2D eigenvalue weighted by molar-refractivity contribution is 5.89. The van der Waals surface area contributed by atoms with Crippen LogP contribution in [0.15, 0.2) is 12.4 Å². The molecule has 2 heterocycles. The summed E-state index contributed by atoms with van der Waals surface area (Å²) in [5, 5.41) is 4.21. The third-order valence-electron chi connectivity index (χ3n) is 3.96. The zero-order valence-corrected chi connectivity index (χ0v) is 16.8. The highest BCUT2D eigenvalue weighted by atomic mass is 19.4. The van der Waals surface area contributed by atoms with Crippen molar-refractivity contribution < 1.29 is 32.2 Å². The predicted octanol–water partition coefficient (Wildman–Crippen LogP) is 4.07. The van der Waals surface area contributed by atoms with Gasteiger partial charge < -0.3 is 14.3 Å². The smallest absolute Gasteiger partial charge is 0.420 e. The molecule has 0 saturated heterocycles. The van der Waals surface area contributed by atoms with Crippen LogP contribution in [-0.2, 0) is 27.7 Å². The maximum absolute atomic E-state index is 13.7. The molecule has 29 heavy (non-hydrogen) atoms. The molecule has 10 heteroatoms. The molecule has 0 spiro atoms. The number of aldehydes is 1. The fourth-order valence-electron chi connectivity index (χ4n) is 2.68. The van der Waals surface area contributed by atoms with E-state index < -0.39 is 35.4 Å². The van der Waals surface area contributed by atoms with E-state index in [0.29, 0.717) is 6.29 Å². The van der Waals surface area contributed by atoms with Gasteiger partial charge in [-0.05, 0) is 40.2 Å². The average Bonchev–Trinajstić information content (AvgIpc) is 2.91. The van der Waals surface area contributed by atoms with Crippen molar-refractivity contribution in [1.29, 1.82) is 0 Å². The summed E-state index contributed by atoms with van der Waals surface area (Å²) in [5.41, 5.74) is -1.94. The second-order valence-corrected chi connectivity index (χ2v) is 7.22. The number of aromatic nitrogens is 3. The summed E-state index contributed by atoms with van der Waals surface area (Å²) in [4.78, 5) is 26.8. The van der Waals surface area contributed by atoms with Gasteiger partial charge in [-0.2, -0.15) is 18.3 Å². The molecular formula is C19H22F3N3O4. The summed E-state index contributed by atoms with van der Waals surface area (Å²) in [5.74, 6) is -1.33. The minimum atomic E-state index is -4.78. The Kier molecular flexibility index (Phi) is 6.34. The second-order valence-electron chi connectivity index (χ2n) is 7.22. The Labute approximate surface area is 165 Å². The molecule has 0 unspecified atom stereocenters. The first-order chi connectivity index (χ1) is 13.4. The van der Waals surface area contributed by atoms with Crippen LogP contribution in [0.5, 0.6) is 11.6 Å². The van der Waals surface area contributed by atoms with Crippen LogP contribution in [0.25, 0.3) is 0 Å². The van der Waals surface area contributed by atoms with Gasteiger partial charge in [0.1, 0.15) is 11.8 Å². The minimum absolute atomic E-state index is 0.0453. The van der Waals surface area contributed by atoms with Crippen LogP contribution >= 0.6 is 0 Å². The van der Waals surface area contributed by atoms with Crippen molar-refractivity contribution in [3.63, 3.8) is 0 Å². The van der Waals surface area contributed by atoms with Crippen LogP contribution in [0, 0.1) is 6.92 Å². The van der Waals surface area contributed by atoms with E-state index in [1.165, 1.54) is 11.6 Å². The number of carbonyl (C=O) groups excluding carboxylic acids is 2. The molecule has 0 aromatic carbocycles. The number of nitrogens with zero attached hydrogens (tertiary/aromatic N) is 3. The first-order valence-corrected chi connectivity index (χ1v) is 8.84. The standard InChI is InChI=1S/C19H22F3N3O4/c1-6-28-17(27)15-11(2)16(25(24-15)18(3,4)5)29-13-10-23-9-12(7-8-26)14(13)19(20,21)22/h8-10H,6-7H2,1-5H3. The summed E-state index contributed by atoms with van der Waals surface area (Å²) in [6, 6.07) is 0. The molecule has 2 aromatic heterocycles. The van der Waals surface area contributed by atoms with Crippen molar-refractivity contribution in [3.05, 3.63) is 34.8 Å². The normalized spacial score (nSPS) is 12.0. The molecule has 0 bridgehead atoms. The van der Waals surface area contributed by atoms with Crippen molar-refractivity contribution in [2.75, 3.05) is 6.61 Å². The van der Waals surface area contributed by atoms with Gasteiger partial charge in [-0.3, -0.25) is 4.98 Å². The van der Waals surface area contributed by atoms with Crippen LogP contribution in [0.1, 0.15) is 54.9 Å². The zero-order chi connectivity index (χ0) is 22.0. The van der Waals surface area contributed by atoms with Gasteiger partial charge >= 0.3 is 12.1 Å². The molecule has 158 valence electrons. The van der Waals surface area contributed by atoms with Gasteiger partial charge in [0.15, 0.2) is 11.4 Å². The quantitative estimate of drug-likeness (QED) is 0.524. The highest BCUT2D eigenvalue weighted by Gasteiger charge is 2.38. The number of esters is 1. The van der Waals surface area contributed by atoms with E-state index >= 15 is 0 Å². The van der Waals surface area contributed by atoms with E-state index in [4.69, 9.17) is 9.47 Å². The molecule has 0 amide bonds. The number of hydrogen-bond donors (Lipinski definition) is 0. The number of rotatable bonds is 6. The average molecular weight is 413 g/mol. The number of alkyl halides is 3. The number of hydrogen-bond acceptors (Lipinski definition) is 6. The molecule has 7 nitrogen and oxygen atoms in total. The lowest BCUT2D eigenvalue weighted by molar-refractivity contribution is -0.139. The largest absolute Gasteiger partial charge is 0.461 e. The SMILES string of the molecule is CCOC(=O)c1nn(C(C)(C)C)c(Oc2cncc(CC=O)c2C(F)(F)F)c1C. The molecule has 2 rings (SSSR count). The third-order valence-corrected chi connectivity index (χ3v) is 3.96. The van der Waals surface area contributed by atoms with E-state index in [2.05, 4.69) is 10.1 Å². The summed E-state index contributed by atoms with van der Waals surface area (Å²) < 4.78 is 53.0. The van der Waals surface area contributed by atoms with E-state index in [-0.39, 0.29) is 29.3 Å². The lowest BCUT2D eigenvalue weighted by atomic mass is 10.1. The van der Waals surface area contributed by atoms with E-state index in [9.17, 15) is 22.8 Å². The topological polar surface area (TPSA) is 83.3 Å². The third kappa shape index (κ3) is 4.75. The first-order valence-electron chi connectivity index (χ1n) is 8.84. The molecule has 0 radical (unpaired) electrons. The number of ether oxygens (including phenoxy) is 2. The van der Waals surface area contributed by atoms with Crippen molar-refractivity contribution in [1.82, 2.24) is 14.8 Å². The Hall–Kier alpha value is -2.91. The second kappa shape index (κ2) is 8.22. The van der Waals surface area contributed by atoms with Gasteiger partial charge in [-0.25, -0.2) is 9.48 Å². The summed E-state index contributed by atoms with van der Waals surface area (Å²) in [6.45, 7) is 8.53. The van der Waals surface area contributed by atoms with Gasteiger partial charge in [0.25, 0.3) is 0 Å². The Balaban J connectivity index is 2.67. The number of halogens is 3. The Morgan fingerprint density at radius 2 is 1.90 bits per heavy atom. The molecule has 0 aliphatic rings. The monoisotopic (exact) mass is 413 g/mol. The Bertz CT molecular complexity index is 915. The molecule has 0 aliphatic heterocycles. The summed E-state index contributed by atoms with van der Waals surface area (Å²) in [6.07, 6.45) is -2.99. The van der Waals surface area contributed by atoms with Crippen molar-refractivity contribution in [2.45, 2.75) is 52.8 Å². The first kappa shape index (κ1) is 22.4. The van der Waals surface area contributed by atoms with Gasteiger partial charge in [-0.1, -0.05) is 0 Å². The van der Waals surface area contributed by atoms with Crippen LogP contribution in [-0.4, -0.2) is 33.6 Å². The molecule has 0 atom stereocenters. The lowest BCUT2D eigenvalue weighted by Gasteiger charge is -2.23. The van der Waals surface area contributed by atoms with Gasteiger partial charge in [-0.15, -0.1) is 0 Å². The molecule has 2 aromatic rings. The van der Waals surface area contributed by atoms with Crippen LogP contribution in [0.4, 0.5) is 13.2 Å². The Morgan fingerprint density at radius 3 is 2.41 bits per heavy atom. The van der Waals surface area contributed by atoms with Crippen molar-refractivity contribution >= 4 is 12.3 Å². The molecular weight excluding hydrogens is 391 g/mol. The van der Waals surface area contributed by atoms with E-state index in [0.717, 1.165) is 12.4 Å². The maximum Gasteiger partial charge on any atom is 0.420 e. The number of pyridine rings is 1. The fraction of sp³-hybridized carbons (Fsp3) is 0.474. The molecule has 0 saturated carbocycles. The molecule has 0 aliphatic carbocycles. The molecule has 0 fully saturated rings. The van der Waals surface area contributed by atoms with E-state index in [1.807, 2.05) is 0 Å². The van der Waals surface area contributed by atoms with Crippen LogP contribution < -0.4 is 4.74 Å².